The van der Waals surface area contributed by atoms with Crippen molar-refractivity contribution < 1.29 is 53.9 Å². The second kappa shape index (κ2) is 19.8. The summed E-state index contributed by atoms with van der Waals surface area (Å²) in [5.74, 6) is -2.22. The third kappa shape index (κ3) is 15.1. The number of esters is 2. The molecule has 0 aliphatic rings. The number of benzene rings is 2. The number of nitrogens with zero attached hydrogens (tertiary/aromatic N) is 1. The van der Waals surface area contributed by atoms with Crippen molar-refractivity contribution in [2.45, 2.75) is 65.0 Å². The summed E-state index contributed by atoms with van der Waals surface area (Å²) in [5.41, 5.74) is 0.705. The van der Waals surface area contributed by atoms with Crippen LogP contribution in [0.15, 0.2) is 65.8 Å². The van der Waals surface area contributed by atoms with Gasteiger partial charge in [-0.3, -0.25) is 13.2 Å². The molecular formula is C31H43NO12S2. The number of ether oxygens (including phenoxy) is 2. The van der Waals surface area contributed by atoms with E-state index in [0.29, 0.717) is 30.3 Å². The molecule has 256 valence electrons. The van der Waals surface area contributed by atoms with E-state index in [0.717, 1.165) is 12.5 Å². The Morgan fingerprint density at radius 2 is 1.09 bits per heavy atom. The molecule has 0 heterocycles. The number of carbonyl (C=O) groups is 3. The van der Waals surface area contributed by atoms with E-state index in [1.807, 2.05) is 0 Å². The molecule has 0 bridgehead atoms. The van der Waals surface area contributed by atoms with Crippen LogP contribution in [0.5, 0.6) is 0 Å². The summed E-state index contributed by atoms with van der Waals surface area (Å²) in [6, 6.07) is 16.7. The van der Waals surface area contributed by atoms with Gasteiger partial charge in [-0.25, -0.2) is 9.59 Å². The van der Waals surface area contributed by atoms with Crippen molar-refractivity contribution in [2.24, 2.45) is 17.0 Å². The molecule has 2 aromatic carbocycles. The fourth-order valence-corrected chi connectivity index (χ4v) is 5.63. The highest BCUT2D eigenvalue weighted by molar-refractivity contribution is 7.86. The summed E-state index contributed by atoms with van der Waals surface area (Å²) in [6.45, 7) is 6.85. The minimum absolute atomic E-state index is 0.318. The zero-order valence-corrected chi connectivity index (χ0v) is 28.6. The number of oxime groups is 1. The van der Waals surface area contributed by atoms with E-state index in [-0.39, 0.29) is 0 Å². The Bertz CT molecular complexity index is 1470. The Balaban J connectivity index is 0.000000462. The zero-order chi connectivity index (χ0) is 34.9. The highest BCUT2D eigenvalue weighted by Crippen LogP contribution is 2.21. The molecule has 0 aliphatic carbocycles. The molecule has 2 aromatic rings. The molecule has 0 amide bonds. The van der Waals surface area contributed by atoms with Gasteiger partial charge in [-0.1, -0.05) is 69.2 Å². The quantitative estimate of drug-likeness (QED) is 0.0769. The van der Waals surface area contributed by atoms with E-state index in [2.05, 4.69) is 9.99 Å². The topological polar surface area (TPSA) is 178 Å². The molecular weight excluding hydrogens is 642 g/mol. The molecule has 0 fully saturated rings. The number of hydrogen-bond donors (Lipinski definition) is 0. The Hall–Kier alpha value is -3.66. The molecule has 0 saturated heterocycles. The van der Waals surface area contributed by atoms with Crippen LogP contribution in [-0.2, 0) is 47.7 Å². The van der Waals surface area contributed by atoms with Gasteiger partial charge < -0.3 is 14.3 Å². The van der Waals surface area contributed by atoms with Crippen LogP contribution >= 0.6 is 0 Å². The molecule has 0 radical (unpaired) electrons. The summed E-state index contributed by atoms with van der Waals surface area (Å²) in [4.78, 5) is 40.1. The summed E-state index contributed by atoms with van der Waals surface area (Å²) >= 11 is 0. The summed E-state index contributed by atoms with van der Waals surface area (Å²) in [5, 5.41) is 3.65. The maximum Gasteiger partial charge on any atom is 0.338 e. The van der Waals surface area contributed by atoms with Gasteiger partial charge >= 0.3 is 11.9 Å². The summed E-state index contributed by atoms with van der Waals surface area (Å²) in [7, 11) is -5.93. The maximum absolute atomic E-state index is 12.2. The average molecular weight is 686 g/mol. The third-order valence-corrected chi connectivity index (χ3v) is 7.76. The predicted octanol–water partition coefficient (Wildman–Crippen LogP) is 4.04. The van der Waals surface area contributed by atoms with Gasteiger partial charge in [0.1, 0.15) is 13.2 Å². The van der Waals surface area contributed by atoms with Crippen molar-refractivity contribution in [3.05, 3.63) is 71.8 Å². The van der Waals surface area contributed by atoms with Crippen LogP contribution in [0.25, 0.3) is 0 Å². The van der Waals surface area contributed by atoms with Gasteiger partial charge in [-0.05, 0) is 37.1 Å². The highest BCUT2D eigenvalue weighted by atomic mass is 32.2. The summed E-state index contributed by atoms with van der Waals surface area (Å²) in [6.07, 6.45) is 1.23. The first kappa shape index (κ1) is 40.4. The molecule has 0 unspecified atom stereocenters. The van der Waals surface area contributed by atoms with Crippen LogP contribution in [0.1, 0.15) is 61.3 Å². The lowest BCUT2D eigenvalue weighted by molar-refractivity contribution is -0.119. The van der Waals surface area contributed by atoms with Crippen molar-refractivity contribution >= 4 is 44.7 Å². The van der Waals surface area contributed by atoms with Crippen LogP contribution in [-0.4, -0.2) is 85.3 Å². The predicted molar refractivity (Wildman–Crippen MR) is 171 cm³/mol. The minimum atomic E-state index is -3.66. The van der Waals surface area contributed by atoms with Crippen LogP contribution in [0.2, 0.25) is 0 Å². The highest BCUT2D eigenvalue weighted by Gasteiger charge is 2.32. The SMILES string of the molecule is CC[C@H](OS(C)(=O)=O)[C@@H](C)[C@H](C=NOC)OC(=O)c1ccccc1.CC[C@H](OS(C)(=O)=O)[C@@H](C)[C@H](C=O)OC(=O)c1ccccc1. The third-order valence-electron chi connectivity index (χ3n) is 6.56. The number of rotatable bonds is 17. The molecule has 0 aromatic heterocycles. The normalized spacial score (nSPS) is 15.6. The van der Waals surface area contributed by atoms with Crippen molar-refractivity contribution in [3.8, 4) is 0 Å². The molecule has 0 aliphatic heterocycles. The van der Waals surface area contributed by atoms with Gasteiger partial charge in [-0.15, -0.1) is 0 Å². The van der Waals surface area contributed by atoms with Gasteiger partial charge in [0.15, 0.2) is 12.4 Å². The van der Waals surface area contributed by atoms with Gasteiger partial charge in [0.2, 0.25) is 0 Å². The second-order valence-corrected chi connectivity index (χ2v) is 13.5. The van der Waals surface area contributed by atoms with E-state index < -0.39 is 68.4 Å². The molecule has 2 rings (SSSR count). The molecule has 15 heteroatoms. The van der Waals surface area contributed by atoms with Gasteiger partial charge in [0.05, 0.1) is 42.1 Å². The molecule has 6 atom stereocenters. The van der Waals surface area contributed by atoms with Crippen molar-refractivity contribution in [2.75, 3.05) is 19.6 Å². The Morgan fingerprint density at radius 3 is 1.41 bits per heavy atom. The van der Waals surface area contributed by atoms with Gasteiger partial charge in [-0.2, -0.15) is 16.8 Å². The van der Waals surface area contributed by atoms with Crippen molar-refractivity contribution in [1.29, 1.82) is 0 Å². The fraction of sp³-hybridized carbons (Fsp3) is 0.484. The first-order chi connectivity index (χ1) is 21.6. The van der Waals surface area contributed by atoms with Crippen LogP contribution in [0.4, 0.5) is 0 Å². The molecule has 0 saturated carbocycles. The first-order valence-electron chi connectivity index (χ1n) is 14.4. The van der Waals surface area contributed by atoms with Gasteiger partial charge in [0, 0.05) is 11.8 Å². The van der Waals surface area contributed by atoms with Crippen molar-refractivity contribution in [1.82, 2.24) is 0 Å². The standard InChI is InChI=1S/C16H23NO6S.C15H20O6S/c1-5-14(23-24(4,19)20)12(2)15(11-17-21-3)22-16(18)13-9-7-6-8-10-13;1-4-13(21-22(3,18)19)11(2)14(10-16)20-15(17)12-8-6-5-7-9-12/h6-12,14-15H,5H2,1-4H3;5-11,13-14H,4H2,1-3H3/t12-,14+,15+;11-,13+,14+/m11/s1. The maximum atomic E-state index is 12.2. The van der Waals surface area contributed by atoms with E-state index in [1.165, 1.54) is 13.3 Å². The van der Waals surface area contributed by atoms with E-state index >= 15 is 0 Å². The zero-order valence-electron chi connectivity index (χ0n) is 27.0. The monoisotopic (exact) mass is 685 g/mol. The molecule has 0 spiro atoms. The van der Waals surface area contributed by atoms with E-state index in [9.17, 15) is 31.2 Å². The molecule has 46 heavy (non-hydrogen) atoms. The lowest BCUT2D eigenvalue weighted by Crippen LogP contribution is -2.37. The summed E-state index contributed by atoms with van der Waals surface area (Å²) < 4.78 is 65.9. The average Bonchev–Trinajstić information content (AvgIpc) is 3.02. The Morgan fingerprint density at radius 1 is 0.717 bits per heavy atom. The minimum Gasteiger partial charge on any atom is -0.452 e. The Kier molecular flexibility index (Phi) is 17.3. The molecule has 13 nitrogen and oxygen atoms in total. The van der Waals surface area contributed by atoms with E-state index in [4.69, 9.17) is 17.8 Å². The lowest BCUT2D eigenvalue weighted by Gasteiger charge is -2.27. The first-order valence-corrected chi connectivity index (χ1v) is 18.0. The van der Waals surface area contributed by atoms with Crippen LogP contribution < -0.4 is 0 Å². The largest absolute Gasteiger partial charge is 0.452 e. The fourth-order valence-electron chi connectivity index (χ4n) is 4.11. The number of aldehydes is 1. The van der Waals surface area contributed by atoms with Crippen LogP contribution in [0.3, 0.4) is 0 Å². The number of hydrogen-bond acceptors (Lipinski definition) is 13. The Labute approximate surface area is 271 Å². The van der Waals surface area contributed by atoms with Crippen LogP contribution in [0, 0.1) is 11.8 Å². The van der Waals surface area contributed by atoms with Crippen molar-refractivity contribution in [3.63, 3.8) is 0 Å². The number of carbonyl (C=O) groups excluding carboxylic acids is 3. The molecule has 0 N–H and O–H groups in total. The second-order valence-electron chi connectivity index (χ2n) is 10.3. The lowest BCUT2D eigenvalue weighted by atomic mass is 9.97. The van der Waals surface area contributed by atoms with E-state index in [1.54, 1.807) is 88.4 Å². The smallest absolute Gasteiger partial charge is 0.338 e. The van der Waals surface area contributed by atoms with Gasteiger partial charge in [0.25, 0.3) is 20.2 Å².